The molecule has 0 radical (unpaired) electrons. The molecule has 0 unspecified atom stereocenters. The third-order valence-corrected chi connectivity index (χ3v) is 7.08. The van der Waals surface area contributed by atoms with E-state index < -0.39 is 5.82 Å². The molecule has 3 aromatic rings. The normalized spacial score (nSPS) is 18.4. The van der Waals surface area contributed by atoms with Gasteiger partial charge in [-0.3, -0.25) is 0 Å². The maximum atomic E-state index is 15.1. The smallest absolute Gasteiger partial charge is 0.146 e. The van der Waals surface area contributed by atoms with Crippen molar-refractivity contribution in [3.05, 3.63) is 81.9 Å². The van der Waals surface area contributed by atoms with E-state index in [1.54, 1.807) is 12.1 Å². The van der Waals surface area contributed by atoms with E-state index in [4.69, 9.17) is 11.6 Å². The molecule has 0 saturated heterocycles. The Labute approximate surface area is 195 Å². The second-order valence-corrected chi connectivity index (χ2v) is 9.41. The van der Waals surface area contributed by atoms with Crippen LogP contribution in [0.25, 0.3) is 10.8 Å². The fourth-order valence-electron chi connectivity index (χ4n) is 4.84. The molecule has 0 bridgehead atoms. The first-order valence-corrected chi connectivity index (χ1v) is 12.1. The highest BCUT2D eigenvalue weighted by atomic mass is 35.5. The molecular formula is C29H29ClF2. The SMILES string of the molecule is CCCCCC1CCC(c2ccc3c(F)c(C#Cc4ccc(Cl)c(F)c4)ccc3c2)CC1. The van der Waals surface area contributed by atoms with Gasteiger partial charge in [-0.15, -0.1) is 0 Å². The van der Waals surface area contributed by atoms with Crippen LogP contribution in [0.3, 0.4) is 0 Å². The van der Waals surface area contributed by atoms with E-state index >= 15 is 4.39 Å². The van der Waals surface area contributed by atoms with Crippen LogP contribution in [0.5, 0.6) is 0 Å². The molecule has 1 fully saturated rings. The summed E-state index contributed by atoms with van der Waals surface area (Å²) in [5.74, 6) is 6.27. The summed E-state index contributed by atoms with van der Waals surface area (Å²) in [6, 6.07) is 14.1. The van der Waals surface area contributed by atoms with E-state index in [2.05, 4.69) is 30.9 Å². The molecule has 3 aromatic carbocycles. The van der Waals surface area contributed by atoms with Gasteiger partial charge in [-0.2, -0.15) is 0 Å². The van der Waals surface area contributed by atoms with Crippen molar-refractivity contribution in [1.82, 2.24) is 0 Å². The van der Waals surface area contributed by atoms with E-state index in [-0.39, 0.29) is 10.8 Å². The van der Waals surface area contributed by atoms with Crippen LogP contribution in [0.1, 0.15) is 80.9 Å². The highest BCUT2D eigenvalue weighted by Crippen LogP contribution is 2.38. The summed E-state index contributed by atoms with van der Waals surface area (Å²) in [5, 5.41) is 1.54. The lowest BCUT2D eigenvalue weighted by molar-refractivity contribution is 0.303. The topological polar surface area (TPSA) is 0 Å². The Kier molecular flexibility index (Phi) is 7.48. The Bertz CT molecular complexity index is 1150. The van der Waals surface area contributed by atoms with Gasteiger partial charge in [0.1, 0.15) is 11.6 Å². The van der Waals surface area contributed by atoms with Crippen LogP contribution in [0.2, 0.25) is 5.02 Å². The molecule has 166 valence electrons. The predicted molar refractivity (Wildman–Crippen MR) is 130 cm³/mol. The maximum Gasteiger partial charge on any atom is 0.146 e. The molecule has 3 heteroatoms. The van der Waals surface area contributed by atoms with Gasteiger partial charge < -0.3 is 0 Å². The first kappa shape index (κ1) is 22.8. The van der Waals surface area contributed by atoms with Gasteiger partial charge in [0.15, 0.2) is 0 Å². The quantitative estimate of drug-likeness (QED) is 0.268. The zero-order valence-corrected chi connectivity index (χ0v) is 19.3. The van der Waals surface area contributed by atoms with E-state index in [0.717, 1.165) is 11.3 Å². The molecule has 0 aromatic heterocycles. The lowest BCUT2D eigenvalue weighted by atomic mass is 9.77. The minimum Gasteiger partial charge on any atom is -0.205 e. The van der Waals surface area contributed by atoms with E-state index in [1.165, 1.54) is 69.1 Å². The van der Waals surface area contributed by atoms with Crippen LogP contribution >= 0.6 is 11.6 Å². The largest absolute Gasteiger partial charge is 0.205 e. The van der Waals surface area contributed by atoms with Gasteiger partial charge in [-0.25, -0.2) is 8.78 Å². The Hall–Kier alpha value is -2.37. The van der Waals surface area contributed by atoms with Crippen molar-refractivity contribution >= 4 is 22.4 Å². The third kappa shape index (κ3) is 5.33. The molecule has 0 aliphatic heterocycles. The van der Waals surface area contributed by atoms with Crippen LogP contribution in [0.15, 0.2) is 48.5 Å². The van der Waals surface area contributed by atoms with Crippen LogP contribution in [0.4, 0.5) is 8.78 Å². The molecule has 0 atom stereocenters. The number of benzene rings is 3. The lowest BCUT2D eigenvalue weighted by Crippen LogP contribution is -2.13. The van der Waals surface area contributed by atoms with Crippen LogP contribution in [-0.2, 0) is 0 Å². The molecule has 1 aliphatic carbocycles. The molecule has 0 amide bonds. The summed E-state index contributed by atoms with van der Waals surface area (Å²) in [5.41, 5.74) is 2.10. The maximum absolute atomic E-state index is 15.1. The van der Waals surface area contributed by atoms with E-state index in [0.29, 0.717) is 22.4 Å². The average molecular weight is 451 g/mol. The predicted octanol–water partition coefficient (Wildman–Crippen LogP) is 9.03. The molecule has 32 heavy (non-hydrogen) atoms. The number of hydrogen-bond donors (Lipinski definition) is 0. The van der Waals surface area contributed by atoms with Crippen molar-refractivity contribution in [2.24, 2.45) is 5.92 Å². The van der Waals surface area contributed by atoms with Gasteiger partial charge in [-0.1, -0.05) is 80.3 Å². The van der Waals surface area contributed by atoms with Gasteiger partial charge in [0.2, 0.25) is 0 Å². The monoisotopic (exact) mass is 450 g/mol. The Morgan fingerprint density at radius 1 is 0.906 bits per heavy atom. The number of hydrogen-bond acceptors (Lipinski definition) is 0. The summed E-state index contributed by atoms with van der Waals surface area (Å²) in [6.45, 7) is 2.26. The Balaban J connectivity index is 1.48. The second-order valence-electron chi connectivity index (χ2n) is 9.00. The molecule has 0 nitrogen and oxygen atoms in total. The highest BCUT2D eigenvalue weighted by molar-refractivity contribution is 6.30. The molecule has 1 saturated carbocycles. The van der Waals surface area contributed by atoms with Crippen LogP contribution < -0.4 is 0 Å². The second kappa shape index (κ2) is 10.5. The Morgan fingerprint density at radius 2 is 1.72 bits per heavy atom. The van der Waals surface area contributed by atoms with E-state index in [9.17, 15) is 4.39 Å². The van der Waals surface area contributed by atoms with Crippen molar-refractivity contribution in [2.45, 2.75) is 64.2 Å². The van der Waals surface area contributed by atoms with Crippen molar-refractivity contribution in [3.63, 3.8) is 0 Å². The van der Waals surface area contributed by atoms with Crippen LogP contribution in [-0.4, -0.2) is 0 Å². The van der Waals surface area contributed by atoms with Crippen molar-refractivity contribution in [2.75, 3.05) is 0 Å². The minimum absolute atomic E-state index is 0.0493. The van der Waals surface area contributed by atoms with Crippen LogP contribution in [0, 0.1) is 29.4 Å². The summed E-state index contributed by atoms with van der Waals surface area (Å²) >= 11 is 5.71. The van der Waals surface area contributed by atoms with Crippen molar-refractivity contribution < 1.29 is 8.78 Å². The van der Waals surface area contributed by atoms with Gasteiger partial charge >= 0.3 is 0 Å². The number of unbranched alkanes of at least 4 members (excludes halogenated alkanes) is 2. The van der Waals surface area contributed by atoms with Gasteiger partial charge in [0.25, 0.3) is 0 Å². The minimum atomic E-state index is -0.528. The fraction of sp³-hybridized carbons (Fsp3) is 0.379. The number of halogens is 3. The summed E-state index contributed by atoms with van der Waals surface area (Å²) in [7, 11) is 0. The molecule has 4 rings (SSSR count). The highest BCUT2D eigenvalue weighted by Gasteiger charge is 2.22. The third-order valence-electron chi connectivity index (χ3n) is 6.77. The zero-order valence-electron chi connectivity index (χ0n) is 18.6. The molecule has 1 aliphatic rings. The average Bonchev–Trinajstić information content (AvgIpc) is 2.81. The number of rotatable bonds is 5. The standard InChI is InChI=1S/C29H29ClF2/c1-2-3-4-5-20-6-10-22(11-7-20)24-15-16-26-25(19-24)14-13-23(29(26)32)12-8-21-9-17-27(30)28(31)18-21/h9,13-20,22H,2-7,10-11H2,1H3. The van der Waals surface area contributed by atoms with Gasteiger partial charge in [-0.05, 0) is 72.7 Å². The Morgan fingerprint density at radius 3 is 2.47 bits per heavy atom. The summed E-state index contributed by atoms with van der Waals surface area (Å²) in [6.07, 6.45) is 10.4. The fourth-order valence-corrected chi connectivity index (χ4v) is 4.96. The van der Waals surface area contributed by atoms with Gasteiger partial charge in [0.05, 0.1) is 10.6 Å². The first-order chi connectivity index (χ1) is 15.5. The van der Waals surface area contributed by atoms with Gasteiger partial charge in [0, 0.05) is 10.9 Å². The zero-order chi connectivity index (χ0) is 22.5. The molecule has 0 N–H and O–H groups in total. The molecular weight excluding hydrogens is 422 g/mol. The summed E-state index contributed by atoms with van der Waals surface area (Å²) < 4.78 is 28.7. The van der Waals surface area contributed by atoms with Crippen molar-refractivity contribution in [1.29, 1.82) is 0 Å². The van der Waals surface area contributed by atoms with E-state index in [1.807, 2.05) is 12.1 Å². The molecule has 0 spiro atoms. The first-order valence-electron chi connectivity index (χ1n) is 11.7. The number of fused-ring (bicyclic) bond motifs is 1. The van der Waals surface area contributed by atoms with Crippen molar-refractivity contribution in [3.8, 4) is 11.8 Å². The summed E-state index contributed by atoms with van der Waals surface area (Å²) in [4.78, 5) is 0. The lowest BCUT2D eigenvalue weighted by Gasteiger charge is -2.29. The molecule has 0 heterocycles.